The predicted molar refractivity (Wildman–Crippen MR) is 99.8 cm³/mol. The van der Waals surface area contributed by atoms with Gasteiger partial charge in [-0.2, -0.15) is 0 Å². The van der Waals surface area contributed by atoms with Crippen molar-refractivity contribution in [2.45, 2.75) is 19.8 Å². The number of aromatic nitrogens is 2. The molecule has 1 atom stereocenters. The number of likely N-dealkylation sites (tertiary alicyclic amines) is 1. The van der Waals surface area contributed by atoms with Crippen molar-refractivity contribution in [3.05, 3.63) is 66.3 Å². The average Bonchev–Trinajstić information content (AvgIpc) is 3.12. The van der Waals surface area contributed by atoms with Gasteiger partial charge in [-0.05, 0) is 55.2 Å². The summed E-state index contributed by atoms with van der Waals surface area (Å²) in [5.41, 5.74) is 2.31. The van der Waals surface area contributed by atoms with Gasteiger partial charge in [0.25, 0.3) is 5.91 Å². The molecule has 1 fully saturated rings. The molecular formula is C20H22N4O2. The van der Waals surface area contributed by atoms with Crippen molar-refractivity contribution < 1.29 is 9.59 Å². The monoisotopic (exact) mass is 350 g/mol. The van der Waals surface area contributed by atoms with Crippen molar-refractivity contribution in [1.29, 1.82) is 0 Å². The second-order valence-corrected chi connectivity index (χ2v) is 6.56. The van der Waals surface area contributed by atoms with Crippen molar-refractivity contribution in [2.75, 3.05) is 18.4 Å². The van der Waals surface area contributed by atoms with Crippen LogP contribution in [-0.4, -0.2) is 39.8 Å². The zero-order chi connectivity index (χ0) is 18.5. The van der Waals surface area contributed by atoms with E-state index in [2.05, 4.69) is 21.9 Å². The van der Waals surface area contributed by atoms with E-state index in [1.165, 1.54) is 6.08 Å². The Morgan fingerprint density at radius 2 is 1.96 bits per heavy atom. The summed E-state index contributed by atoms with van der Waals surface area (Å²) in [5, 5.41) is 2.67. The summed E-state index contributed by atoms with van der Waals surface area (Å²) >= 11 is 0. The SMILES string of the molecule is C=CC(=O)Nc1ccc(C(=O)N2CC[C@@H](Cc3ncc(C)cn3)C2)cc1. The Labute approximate surface area is 153 Å². The fraction of sp³-hybridized carbons (Fsp3) is 0.300. The molecule has 1 aromatic heterocycles. The maximum atomic E-state index is 12.7. The molecular weight excluding hydrogens is 328 g/mol. The van der Waals surface area contributed by atoms with Gasteiger partial charge in [-0.1, -0.05) is 6.58 Å². The van der Waals surface area contributed by atoms with Gasteiger partial charge in [-0.15, -0.1) is 0 Å². The van der Waals surface area contributed by atoms with E-state index in [-0.39, 0.29) is 11.8 Å². The third kappa shape index (κ3) is 4.33. The van der Waals surface area contributed by atoms with Crippen LogP contribution in [-0.2, 0) is 11.2 Å². The number of nitrogens with one attached hydrogen (secondary N) is 1. The zero-order valence-electron chi connectivity index (χ0n) is 14.8. The van der Waals surface area contributed by atoms with Crippen LogP contribution in [0.5, 0.6) is 0 Å². The number of hydrogen-bond donors (Lipinski definition) is 1. The highest BCUT2D eigenvalue weighted by Gasteiger charge is 2.27. The summed E-state index contributed by atoms with van der Waals surface area (Å²) in [5.74, 6) is 0.953. The number of carbonyl (C=O) groups is 2. The fourth-order valence-corrected chi connectivity index (χ4v) is 3.04. The Morgan fingerprint density at radius 1 is 1.27 bits per heavy atom. The molecule has 0 radical (unpaired) electrons. The molecule has 0 aliphatic carbocycles. The van der Waals surface area contributed by atoms with Crippen LogP contribution < -0.4 is 5.32 Å². The van der Waals surface area contributed by atoms with Gasteiger partial charge in [0.15, 0.2) is 0 Å². The molecule has 1 aromatic carbocycles. The molecule has 1 aliphatic rings. The highest BCUT2D eigenvalue weighted by Crippen LogP contribution is 2.22. The summed E-state index contributed by atoms with van der Waals surface area (Å²) in [6.45, 7) is 6.83. The lowest BCUT2D eigenvalue weighted by atomic mass is 10.0. The van der Waals surface area contributed by atoms with Gasteiger partial charge < -0.3 is 10.2 Å². The molecule has 2 amide bonds. The Balaban J connectivity index is 1.57. The van der Waals surface area contributed by atoms with Crippen LogP contribution in [0.25, 0.3) is 0 Å². The number of amides is 2. The number of carbonyl (C=O) groups excluding carboxylic acids is 2. The van der Waals surface area contributed by atoms with Gasteiger partial charge >= 0.3 is 0 Å². The highest BCUT2D eigenvalue weighted by molar-refractivity contribution is 5.99. The molecule has 1 aliphatic heterocycles. The minimum atomic E-state index is -0.273. The molecule has 0 unspecified atom stereocenters. The molecule has 1 N–H and O–H groups in total. The van der Waals surface area contributed by atoms with E-state index in [4.69, 9.17) is 0 Å². The smallest absolute Gasteiger partial charge is 0.253 e. The van der Waals surface area contributed by atoms with Crippen molar-refractivity contribution >= 4 is 17.5 Å². The highest BCUT2D eigenvalue weighted by atomic mass is 16.2. The van der Waals surface area contributed by atoms with Gasteiger partial charge in [-0.25, -0.2) is 9.97 Å². The Kier molecular flexibility index (Phi) is 5.41. The topological polar surface area (TPSA) is 75.2 Å². The first-order valence-electron chi connectivity index (χ1n) is 8.65. The molecule has 0 spiro atoms. The van der Waals surface area contributed by atoms with Crippen LogP contribution in [0.2, 0.25) is 0 Å². The number of aryl methyl sites for hydroxylation is 1. The minimum absolute atomic E-state index is 0.0129. The van der Waals surface area contributed by atoms with Gasteiger partial charge in [-0.3, -0.25) is 9.59 Å². The minimum Gasteiger partial charge on any atom is -0.338 e. The lowest BCUT2D eigenvalue weighted by Gasteiger charge is -2.17. The third-order valence-electron chi connectivity index (χ3n) is 4.46. The standard InChI is InChI=1S/C20H22N4O2/c1-3-19(25)23-17-6-4-16(5-7-17)20(26)24-9-8-15(13-24)10-18-21-11-14(2)12-22-18/h3-7,11-12,15H,1,8-10,13H2,2H3,(H,23,25)/t15-/m0/s1. The summed E-state index contributed by atoms with van der Waals surface area (Å²) in [6, 6.07) is 6.92. The summed E-state index contributed by atoms with van der Waals surface area (Å²) in [6.07, 6.45) is 6.61. The number of anilines is 1. The van der Waals surface area contributed by atoms with E-state index in [1.54, 1.807) is 24.3 Å². The van der Waals surface area contributed by atoms with E-state index in [0.29, 0.717) is 23.7 Å². The number of benzene rings is 1. The van der Waals surface area contributed by atoms with Gasteiger partial charge in [0.1, 0.15) is 5.82 Å². The van der Waals surface area contributed by atoms with E-state index in [0.717, 1.165) is 30.8 Å². The summed E-state index contributed by atoms with van der Waals surface area (Å²) in [4.78, 5) is 34.5. The second-order valence-electron chi connectivity index (χ2n) is 6.56. The predicted octanol–water partition coefficient (Wildman–Crippen LogP) is 2.61. The van der Waals surface area contributed by atoms with E-state index < -0.39 is 0 Å². The van der Waals surface area contributed by atoms with Crippen LogP contribution >= 0.6 is 0 Å². The Bertz CT molecular complexity index is 800. The quantitative estimate of drug-likeness (QED) is 0.841. The molecule has 3 rings (SSSR count). The van der Waals surface area contributed by atoms with E-state index in [1.807, 2.05) is 24.2 Å². The lowest BCUT2D eigenvalue weighted by molar-refractivity contribution is -0.111. The average molecular weight is 350 g/mol. The van der Waals surface area contributed by atoms with Crippen LogP contribution in [0.3, 0.4) is 0 Å². The van der Waals surface area contributed by atoms with E-state index in [9.17, 15) is 9.59 Å². The zero-order valence-corrected chi connectivity index (χ0v) is 14.8. The molecule has 2 aromatic rings. The molecule has 2 heterocycles. The van der Waals surface area contributed by atoms with Gasteiger partial charge in [0, 0.05) is 43.2 Å². The molecule has 6 nitrogen and oxygen atoms in total. The van der Waals surface area contributed by atoms with Crippen molar-refractivity contribution in [2.24, 2.45) is 5.92 Å². The van der Waals surface area contributed by atoms with Gasteiger partial charge in [0.05, 0.1) is 0 Å². The Morgan fingerprint density at radius 3 is 2.62 bits per heavy atom. The maximum absolute atomic E-state index is 12.7. The maximum Gasteiger partial charge on any atom is 0.253 e. The fourth-order valence-electron chi connectivity index (χ4n) is 3.04. The second kappa shape index (κ2) is 7.91. The number of rotatable bonds is 5. The molecule has 6 heteroatoms. The van der Waals surface area contributed by atoms with Crippen LogP contribution in [0, 0.1) is 12.8 Å². The number of nitrogens with zero attached hydrogens (tertiary/aromatic N) is 3. The first kappa shape index (κ1) is 17.8. The van der Waals surface area contributed by atoms with Crippen molar-refractivity contribution in [3.8, 4) is 0 Å². The number of hydrogen-bond acceptors (Lipinski definition) is 4. The normalized spacial score (nSPS) is 16.3. The van der Waals surface area contributed by atoms with Crippen molar-refractivity contribution in [1.82, 2.24) is 14.9 Å². The summed E-state index contributed by atoms with van der Waals surface area (Å²) < 4.78 is 0. The van der Waals surface area contributed by atoms with Crippen LogP contribution in [0.4, 0.5) is 5.69 Å². The van der Waals surface area contributed by atoms with Crippen molar-refractivity contribution in [3.63, 3.8) is 0 Å². The molecule has 134 valence electrons. The van der Waals surface area contributed by atoms with Gasteiger partial charge in [0.2, 0.25) is 5.91 Å². The largest absolute Gasteiger partial charge is 0.338 e. The third-order valence-corrected chi connectivity index (χ3v) is 4.46. The van der Waals surface area contributed by atoms with E-state index >= 15 is 0 Å². The molecule has 26 heavy (non-hydrogen) atoms. The first-order chi connectivity index (χ1) is 12.5. The summed E-state index contributed by atoms with van der Waals surface area (Å²) in [7, 11) is 0. The molecule has 1 saturated heterocycles. The Hall–Kier alpha value is -3.02. The first-order valence-corrected chi connectivity index (χ1v) is 8.65. The van der Waals surface area contributed by atoms with Crippen LogP contribution in [0.15, 0.2) is 49.3 Å². The molecule has 0 saturated carbocycles. The molecule has 0 bridgehead atoms. The van der Waals surface area contributed by atoms with Crippen LogP contribution in [0.1, 0.15) is 28.2 Å². The lowest BCUT2D eigenvalue weighted by Crippen LogP contribution is -2.29.